The topological polar surface area (TPSA) is 70.2 Å². The van der Waals surface area contributed by atoms with Gasteiger partial charge in [0.1, 0.15) is 0 Å². The van der Waals surface area contributed by atoms with E-state index in [9.17, 15) is 4.79 Å². The molecule has 1 fully saturated rings. The SMILES string of the molecule is CNCc1ccc(C(=O)NC2CCN(CCc3ccncc3)CC2)cn1. The molecule has 3 rings (SSSR count). The molecule has 1 amide bonds. The van der Waals surface area contributed by atoms with Crippen LogP contribution in [0.4, 0.5) is 0 Å². The predicted octanol–water partition coefficient (Wildman–Crippen LogP) is 1.63. The minimum Gasteiger partial charge on any atom is -0.349 e. The maximum Gasteiger partial charge on any atom is 0.253 e. The van der Waals surface area contributed by atoms with Gasteiger partial charge in [-0.05, 0) is 56.1 Å². The third-order valence-corrected chi connectivity index (χ3v) is 4.83. The minimum absolute atomic E-state index is 0.0243. The van der Waals surface area contributed by atoms with Crippen molar-refractivity contribution in [2.24, 2.45) is 0 Å². The molecular formula is C20H27N5O. The summed E-state index contributed by atoms with van der Waals surface area (Å²) in [5, 5.41) is 6.20. The molecule has 6 nitrogen and oxygen atoms in total. The molecule has 1 aliphatic rings. The van der Waals surface area contributed by atoms with E-state index in [1.54, 1.807) is 6.20 Å². The summed E-state index contributed by atoms with van der Waals surface area (Å²) in [7, 11) is 1.88. The fourth-order valence-electron chi connectivity index (χ4n) is 3.25. The highest BCUT2D eigenvalue weighted by Crippen LogP contribution is 2.12. The fraction of sp³-hybridized carbons (Fsp3) is 0.450. The standard InChI is InChI=1S/C20H27N5O/c1-21-15-19-3-2-17(14-23-19)20(26)24-18-7-12-25(13-8-18)11-6-16-4-9-22-10-5-16/h2-5,9-10,14,18,21H,6-8,11-13,15H2,1H3,(H,24,26). The summed E-state index contributed by atoms with van der Waals surface area (Å²) >= 11 is 0. The number of hydrogen-bond donors (Lipinski definition) is 2. The second-order valence-electron chi connectivity index (χ2n) is 6.76. The summed E-state index contributed by atoms with van der Waals surface area (Å²) < 4.78 is 0. The van der Waals surface area contributed by atoms with E-state index in [0.717, 1.165) is 44.6 Å². The van der Waals surface area contributed by atoms with E-state index in [-0.39, 0.29) is 11.9 Å². The number of rotatable bonds is 7. The third-order valence-electron chi connectivity index (χ3n) is 4.83. The molecule has 2 aromatic heterocycles. The summed E-state index contributed by atoms with van der Waals surface area (Å²) in [5.74, 6) is -0.0243. The van der Waals surface area contributed by atoms with Gasteiger partial charge in [-0.2, -0.15) is 0 Å². The van der Waals surface area contributed by atoms with Crippen LogP contribution in [0, 0.1) is 0 Å². The molecule has 138 valence electrons. The second-order valence-corrected chi connectivity index (χ2v) is 6.76. The summed E-state index contributed by atoms with van der Waals surface area (Å²) in [6.07, 6.45) is 8.38. The lowest BCUT2D eigenvalue weighted by atomic mass is 10.0. The number of carbonyl (C=O) groups is 1. The van der Waals surface area contributed by atoms with Crippen LogP contribution < -0.4 is 10.6 Å². The lowest BCUT2D eigenvalue weighted by Gasteiger charge is -2.32. The van der Waals surface area contributed by atoms with Crippen molar-refractivity contribution in [1.82, 2.24) is 25.5 Å². The van der Waals surface area contributed by atoms with Crippen LogP contribution in [0.15, 0.2) is 42.9 Å². The number of hydrogen-bond acceptors (Lipinski definition) is 5. The predicted molar refractivity (Wildman–Crippen MR) is 102 cm³/mol. The van der Waals surface area contributed by atoms with E-state index in [1.807, 2.05) is 31.6 Å². The first kappa shape index (κ1) is 18.5. The van der Waals surface area contributed by atoms with Gasteiger partial charge in [-0.1, -0.05) is 0 Å². The number of likely N-dealkylation sites (tertiary alicyclic amines) is 1. The zero-order valence-electron chi connectivity index (χ0n) is 15.3. The Morgan fingerprint density at radius 2 is 1.96 bits per heavy atom. The third kappa shape index (κ3) is 5.34. The van der Waals surface area contributed by atoms with Gasteiger partial charge >= 0.3 is 0 Å². The Morgan fingerprint density at radius 3 is 2.62 bits per heavy atom. The van der Waals surface area contributed by atoms with Crippen molar-refractivity contribution < 1.29 is 4.79 Å². The molecule has 0 unspecified atom stereocenters. The van der Waals surface area contributed by atoms with Crippen LogP contribution >= 0.6 is 0 Å². The van der Waals surface area contributed by atoms with Gasteiger partial charge in [-0.15, -0.1) is 0 Å². The molecule has 6 heteroatoms. The second kappa shape index (κ2) is 9.40. The molecule has 2 N–H and O–H groups in total. The van der Waals surface area contributed by atoms with Crippen molar-refractivity contribution in [3.8, 4) is 0 Å². The lowest BCUT2D eigenvalue weighted by Crippen LogP contribution is -2.45. The van der Waals surface area contributed by atoms with Gasteiger partial charge in [-0.25, -0.2) is 0 Å². The molecule has 0 spiro atoms. The number of nitrogens with zero attached hydrogens (tertiary/aromatic N) is 3. The van der Waals surface area contributed by atoms with Crippen molar-refractivity contribution in [3.63, 3.8) is 0 Å². The maximum absolute atomic E-state index is 12.4. The molecule has 0 radical (unpaired) electrons. The number of nitrogens with one attached hydrogen (secondary N) is 2. The first-order chi connectivity index (χ1) is 12.7. The Hall–Kier alpha value is -2.31. The molecule has 0 aromatic carbocycles. The highest BCUT2D eigenvalue weighted by Gasteiger charge is 2.21. The van der Waals surface area contributed by atoms with E-state index >= 15 is 0 Å². The van der Waals surface area contributed by atoms with Crippen molar-refractivity contribution in [1.29, 1.82) is 0 Å². The maximum atomic E-state index is 12.4. The molecule has 0 aliphatic carbocycles. The number of carbonyl (C=O) groups excluding carboxylic acids is 1. The van der Waals surface area contributed by atoms with E-state index in [2.05, 4.69) is 37.6 Å². The number of piperidine rings is 1. The zero-order chi connectivity index (χ0) is 18.2. The Morgan fingerprint density at radius 1 is 1.19 bits per heavy atom. The van der Waals surface area contributed by atoms with Gasteiger partial charge in [0.2, 0.25) is 0 Å². The van der Waals surface area contributed by atoms with Gasteiger partial charge < -0.3 is 15.5 Å². The van der Waals surface area contributed by atoms with Gasteiger partial charge in [0.05, 0.1) is 11.3 Å². The molecule has 1 saturated heterocycles. The largest absolute Gasteiger partial charge is 0.349 e. The Balaban J connectivity index is 1.41. The first-order valence-electron chi connectivity index (χ1n) is 9.26. The van der Waals surface area contributed by atoms with Gasteiger partial charge in [0.15, 0.2) is 0 Å². The van der Waals surface area contributed by atoms with E-state index in [4.69, 9.17) is 0 Å². The van der Waals surface area contributed by atoms with Crippen molar-refractivity contribution in [3.05, 3.63) is 59.7 Å². The average Bonchev–Trinajstić information content (AvgIpc) is 2.69. The Bertz CT molecular complexity index is 681. The summed E-state index contributed by atoms with van der Waals surface area (Å²) in [5.41, 5.74) is 2.89. The van der Waals surface area contributed by atoms with Crippen molar-refractivity contribution in [2.45, 2.75) is 31.8 Å². The van der Waals surface area contributed by atoms with Crippen molar-refractivity contribution >= 4 is 5.91 Å². The zero-order valence-corrected chi connectivity index (χ0v) is 15.3. The van der Waals surface area contributed by atoms with Crippen LogP contribution in [-0.4, -0.2) is 53.5 Å². The van der Waals surface area contributed by atoms with E-state index < -0.39 is 0 Å². The van der Waals surface area contributed by atoms with Gasteiger partial charge in [0, 0.05) is 50.8 Å². The van der Waals surface area contributed by atoms with E-state index in [1.165, 1.54) is 5.56 Å². The monoisotopic (exact) mass is 353 g/mol. The summed E-state index contributed by atoms with van der Waals surface area (Å²) in [4.78, 5) is 23.2. The summed E-state index contributed by atoms with van der Waals surface area (Å²) in [6.45, 7) is 3.81. The van der Waals surface area contributed by atoms with Crippen LogP contribution in [0.3, 0.4) is 0 Å². The lowest BCUT2D eigenvalue weighted by molar-refractivity contribution is 0.0911. The van der Waals surface area contributed by atoms with Gasteiger partial charge in [0.25, 0.3) is 5.91 Å². The van der Waals surface area contributed by atoms with Gasteiger partial charge in [-0.3, -0.25) is 14.8 Å². The highest BCUT2D eigenvalue weighted by molar-refractivity contribution is 5.94. The Labute approximate surface area is 155 Å². The molecule has 3 heterocycles. The average molecular weight is 353 g/mol. The first-order valence-corrected chi connectivity index (χ1v) is 9.26. The number of aromatic nitrogens is 2. The van der Waals surface area contributed by atoms with Crippen LogP contribution in [-0.2, 0) is 13.0 Å². The molecule has 2 aromatic rings. The van der Waals surface area contributed by atoms with Crippen molar-refractivity contribution in [2.75, 3.05) is 26.7 Å². The van der Waals surface area contributed by atoms with Crippen LogP contribution in [0.5, 0.6) is 0 Å². The molecule has 0 bridgehead atoms. The van der Waals surface area contributed by atoms with Crippen LogP contribution in [0.1, 0.15) is 34.5 Å². The molecule has 0 atom stereocenters. The van der Waals surface area contributed by atoms with Crippen LogP contribution in [0.25, 0.3) is 0 Å². The fourth-order valence-corrected chi connectivity index (χ4v) is 3.25. The highest BCUT2D eigenvalue weighted by atomic mass is 16.1. The van der Waals surface area contributed by atoms with E-state index in [0.29, 0.717) is 12.1 Å². The smallest absolute Gasteiger partial charge is 0.253 e. The minimum atomic E-state index is -0.0243. The normalized spacial score (nSPS) is 15.7. The van der Waals surface area contributed by atoms with Crippen LogP contribution in [0.2, 0.25) is 0 Å². The molecular weight excluding hydrogens is 326 g/mol. The quantitative estimate of drug-likeness (QED) is 0.792. The number of amides is 1. The molecule has 0 saturated carbocycles. The number of pyridine rings is 2. The molecule has 1 aliphatic heterocycles. The summed E-state index contributed by atoms with van der Waals surface area (Å²) in [6, 6.07) is 8.13. The Kier molecular flexibility index (Phi) is 6.68. The molecule has 26 heavy (non-hydrogen) atoms.